The Hall–Kier alpha value is -3.94. The second kappa shape index (κ2) is 5.55. The average molecular weight is 350 g/mol. The third-order valence-corrected chi connectivity index (χ3v) is 4.08. The summed E-state index contributed by atoms with van der Waals surface area (Å²) in [5.41, 5.74) is -2.46. The predicted molar refractivity (Wildman–Crippen MR) is 93.9 cm³/mol. The van der Waals surface area contributed by atoms with E-state index in [2.05, 4.69) is 0 Å². The molecule has 0 amide bonds. The number of hydrogen-bond donors (Lipinski definition) is 1. The second-order valence-electron chi connectivity index (χ2n) is 5.54. The SMILES string of the molecule is O=c1oc2c(c(O)c1[N+](=O)[O-])c(=O)n(-c1ccccc1)c1ccccc21. The molecule has 2 aromatic carbocycles. The molecule has 0 bridgehead atoms. The van der Waals surface area contributed by atoms with E-state index in [1.807, 2.05) is 0 Å². The van der Waals surface area contributed by atoms with Crippen molar-refractivity contribution in [1.29, 1.82) is 0 Å². The molecule has 0 aliphatic heterocycles. The fraction of sp³-hybridized carbons (Fsp3) is 0. The van der Waals surface area contributed by atoms with Gasteiger partial charge in [-0.25, -0.2) is 4.79 Å². The first-order valence-corrected chi connectivity index (χ1v) is 7.54. The summed E-state index contributed by atoms with van der Waals surface area (Å²) in [5.74, 6) is -0.998. The van der Waals surface area contributed by atoms with Crippen molar-refractivity contribution < 1.29 is 14.4 Å². The van der Waals surface area contributed by atoms with Crippen LogP contribution < -0.4 is 11.2 Å². The van der Waals surface area contributed by atoms with E-state index in [-0.39, 0.29) is 5.58 Å². The lowest BCUT2D eigenvalue weighted by Crippen LogP contribution is -2.21. The van der Waals surface area contributed by atoms with Crippen LogP contribution in [-0.4, -0.2) is 14.6 Å². The molecule has 0 radical (unpaired) electrons. The van der Waals surface area contributed by atoms with Gasteiger partial charge in [-0.2, -0.15) is 0 Å². The van der Waals surface area contributed by atoms with Crippen molar-refractivity contribution >= 4 is 27.6 Å². The minimum atomic E-state index is -1.32. The lowest BCUT2D eigenvalue weighted by molar-refractivity contribution is -0.388. The first kappa shape index (κ1) is 15.6. The summed E-state index contributed by atoms with van der Waals surface area (Å²) in [6, 6.07) is 15.2. The van der Waals surface area contributed by atoms with Crippen molar-refractivity contribution in [2.75, 3.05) is 0 Å². The van der Waals surface area contributed by atoms with E-state index in [0.29, 0.717) is 16.6 Å². The van der Waals surface area contributed by atoms with E-state index in [1.54, 1.807) is 54.6 Å². The maximum Gasteiger partial charge on any atom is 0.419 e. The Kier molecular flexibility index (Phi) is 3.33. The van der Waals surface area contributed by atoms with Crippen molar-refractivity contribution in [1.82, 2.24) is 4.57 Å². The van der Waals surface area contributed by atoms with Gasteiger partial charge < -0.3 is 9.52 Å². The molecule has 2 aromatic heterocycles. The third-order valence-electron chi connectivity index (χ3n) is 4.08. The quantitative estimate of drug-likeness (QED) is 0.338. The van der Waals surface area contributed by atoms with Gasteiger partial charge in [-0.15, -0.1) is 0 Å². The molecule has 8 nitrogen and oxygen atoms in total. The van der Waals surface area contributed by atoms with Gasteiger partial charge in [-0.1, -0.05) is 30.3 Å². The van der Waals surface area contributed by atoms with Gasteiger partial charge in [0.05, 0.1) is 10.4 Å². The molecule has 2 heterocycles. The van der Waals surface area contributed by atoms with Crippen molar-refractivity contribution in [3.05, 3.63) is 85.5 Å². The molecule has 128 valence electrons. The topological polar surface area (TPSA) is 116 Å². The highest BCUT2D eigenvalue weighted by atomic mass is 16.6. The first-order chi connectivity index (χ1) is 12.5. The summed E-state index contributed by atoms with van der Waals surface area (Å²) in [7, 11) is 0. The van der Waals surface area contributed by atoms with E-state index >= 15 is 0 Å². The van der Waals surface area contributed by atoms with Gasteiger partial charge >= 0.3 is 11.3 Å². The zero-order chi connectivity index (χ0) is 18.4. The lowest BCUT2D eigenvalue weighted by Gasteiger charge is -2.12. The number of aromatic nitrogens is 1. The summed E-state index contributed by atoms with van der Waals surface area (Å²) in [4.78, 5) is 35.0. The fourth-order valence-electron chi connectivity index (χ4n) is 2.98. The Morgan fingerprint density at radius 1 is 1.00 bits per heavy atom. The molecule has 0 spiro atoms. The standard InChI is InChI=1S/C18H10N2O6/c21-15-13-16(26-18(23)14(15)20(24)25)11-8-4-5-9-12(11)19(17(13)22)10-6-2-1-3-7-10/h1-9,21H. The van der Waals surface area contributed by atoms with Crippen LogP contribution in [-0.2, 0) is 0 Å². The minimum Gasteiger partial charge on any atom is -0.501 e. The molecule has 4 aromatic rings. The van der Waals surface area contributed by atoms with E-state index < -0.39 is 32.9 Å². The highest BCUT2D eigenvalue weighted by Gasteiger charge is 2.28. The van der Waals surface area contributed by atoms with Crippen molar-refractivity contribution in [3.8, 4) is 11.4 Å². The number of hydrogen-bond acceptors (Lipinski definition) is 6. The van der Waals surface area contributed by atoms with Gasteiger partial charge in [0.15, 0.2) is 5.58 Å². The summed E-state index contributed by atoms with van der Waals surface area (Å²) in [5, 5.41) is 21.3. The Bertz CT molecular complexity index is 1300. The predicted octanol–water partition coefficient (Wildman–Crippen LogP) is 2.71. The van der Waals surface area contributed by atoms with Crippen molar-refractivity contribution in [3.63, 3.8) is 0 Å². The molecule has 0 aliphatic rings. The minimum absolute atomic E-state index is 0.189. The maximum atomic E-state index is 13.1. The highest BCUT2D eigenvalue weighted by Crippen LogP contribution is 2.33. The molecular weight excluding hydrogens is 340 g/mol. The molecule has 0 saturated carbocycles. The van der Waals surface area contributed by atoms with E-state index in [9.17, 15) is 24.8 Å². The lowest BCUT2D eigenvalue weighted by atomic mass is 10.1. The zero-order valence-electron chi connectivity index (χ0n) is 13.1. The van der Waals surface area contributed by atoms with Crippen LogP contribution in [0.4, 0.5) is 5.69 Å². The molecule has 8 heteroatoms. The number of nitro groups is 1. The second-order valence-corrected chi connectivity index (χ2v) is 5.54. The fourth-order valence-corrected chi connectivity index (χ4v) is 2.98. The van der Waals surface area contributed by atoms with E-state index in [1.165, 1.54) is 4.57 Å². The summed E-state index contributed by atoms with van der Waals surface area (Å²) in [6.45, 7) is 0. The molecule has 4 rings (SSSR count). The van der Waals surface area contributed by atoms with E-state index in [0.717, 1.165) is 0 Å². The molecule has 26 heavy (non-hydrogen) atoms. The van der Waals surface area contributed by atoms with Gasteiger partial charge in [0.25, 0.3) is 5.56 Å². The summed E-state index contributed by atoms with van der Waals surface area (Å²) >= 11 is 0. The molecule has 0 aliphatic carbocycles. The highest BCUT2D eigenvalue weighted by molar-refractivity contribution is 6.05. The van der Waals surface area contributed by atoms with Crippen LogP contribution in [0.5, 0.6) is 5.75 Å². The van der Waals surface area contributed by atoms with Crippen LogP contribution in [0.1, 0.15) is 0 Å². The van der Waals surface area contributed by atoms with Crippen LogP contribution in [0, 0.1) is 10.1 Å². The summed E-state index contributed by atoms with van der Waals surface area (Å²) in [6.07, 6.45) is 0. The third kappa shape index (κ3) is 2.09. The zero-order valence-corrected chi connectivity index (χ0v) is 13.1. The number of pyridine rings is 1. The Labute approximate surface area is 144 Å². The normalized spacial score (nSPS) is 11.1. The number of aromatic hydroxyl groups is 1. The van der Waals surface area contributed by atoms with Crippen LogP contribution >= 0.6 is 0 Å². The number of para-hydroxylation sites is 2. The molecular formula is C18H10N2O6. The molecule has 0 unspecified atom stereocenters. The van der Waals surface area contributed by atoms with Crippen LogP contribution in [0.25, 0.3) is 27.6 Å². The molecule has 0 saturated heterocycles. The van der Waals surface area contributed by atoms with Gasteiger partial charge in [0.1, 0.15) is 5.39 Å². The smallest absolute Gasteiger partial charge is 0.419 e. The maximum absolute atomic E-state index is 13.1. The van der Waals surface area contributed by atoms with Gasteiger partial charge in [-0.3, -0.25) is 19.5 Å². The number of fused-ring (bicyclic) bond motifs is 3. The largest absolute Gasteiger partial charge is 0.501 e. The number of benzene rings is 2. The first-order valence-electron chi connectivity index (χ1n) is 7.54. The van der Waals surface area contributed by atoms with Gasteiger partial charge in [0, 0.05) is 11.1 Å². The van der Waals surface area contributed by atoms with Gasteiger partial charge in [-0.05, 0) is 24.3 Å². The summed E-state index contributed by atoms with van der Waals surface area (Å²) < 4.78 is 6.36. The monoisotopic (exact) mass is 350 g/mol. The Balaban J connectivity index is 2.33. The molecule has 0 atom stereocenters. The van der Waals surface area contributed by atoms with Crippen LogP contribution in [0.2, 0.25) is 0 Å². The van der Waals surface area contributed by atoms with Crippen LogP contribution in [0.15, 0.2) is 68.6 Å². The van der Waals surface area contributed by atoms with Gasteiger partial charge in [0.2, 0.25) is 5.75 Å². The molecule has 0 fully saturated rings. The Morgan fingerprint density at radius 2 is 1.65 bits per heavy atom. The van der Waals surface area contributed by atoms with Crippen LogP contribution in [0.3, 0.4) is 0 Å². The van der Waals surface area contributed by atoms with Crippen molar-refractivity contribution in [2.24, 2.45) is 0 Å². The molecule has 1 N–H and O–H groups in total. The van der Waals surface area contributed by atoms with E-state index in [4.69, 9.17) is 4.42 Å². The van der Waals surface area contributed by atoms with Crippen molar-refractivity contribution in [2.45, 2.75) is 0 Å². The Morgan fingerprint density at radius 3 is 2.35 bits per heavy atom. The number of nitrogens with zero attached hydrogens (tertiary/aromatic N) is 2. The number of rotatable bonds is 2. The average Bonchev–Trinajstić information content (AvgIpc) is 2.62.